The van der Waals surface area contributed by atoms with Crippen LogP contribution in [0.15, 0.2) is 56.6 Å². The summed E-state index contributed by atoms with van der Waals surface area (Å²) in [5.41, 5.74) is 8.45. The molecule has 2 aliphatic rings. The zero-order chi connectivity index (χ0) is 23.2. The number of hydrogen-bond donors (Lipinski definition) is 4. The van der Waals surface area contributed by atoms with Gasteiger partial charge in [0.1, 0.15) is 28.6 Å². The van der Waals surface area contributed by atoms with Crippen LogP contribution in [0.4, 0.5) is 5.69 Å². The largest absolute Gasteiger partial charge is 0.506 e. The molecule has 0 spiro atoms. The second-order valence-electron chi connectivity index (χ2n) is 8.02. The molecule has 1 saturated carbocycles. The number of ether oxygens (including phenoxy) is 1. The number of fused-ring (bicyclic) bond motifs is 2. The van der Waals surface area contributed by atoms with Crippen LogP contribution in [0.25, 0.3) is 10.9 Å². The molecule has 172 valence electrons. The third-order valence-corrected chi connectivity index (χ3v) is 6.92. The fourth-order valence-corrected chi connectivity index (χ4v) is 4.89. The second kappa shape index (κ2) is 8.09. The van der Waals surface area contributed by atoms with Gasteiger partial charge in [0.25, 0.3) is 15.6 Å². The first-order chi connectivity index (χ1) is 15.9. The lowest BCUT2D eigenvalue weighted by molar-refractivity contribution is 0.327. The van der Waals surface area contributed by atoms with E-state index in [9.17, 15) is 18.3 Å². The summed E-state index contributed by atoms with van der Waals surface area (Å²) >= 11 is 0. The maximum absolute atomic E-state index is 13.4. The fourth-order valence-electron chi connectivity index (χ4n) is 3.75. The summed E-state index contributed by atoms with van der Waals surface area (Å²) in [7, 11) is -4.17. The second-order valence-corrected chi connectivity index (χ2v) is 9.59. The Hall–Kier alpha value is -3.57. The quantitative estimate of drug-likeness (QED) is 0.407. The predicted octanol–water partition coefficient (Wildman–Crippen LogP) is 1.56. The molecule has 2 heterocycles. The number of nitrogens with one attached hydrogen (secondary N) is 2. The van der Waals surface area contributed by atoms with Gasteiger partial charge in [0.15, 0.2) is 5.84 Å². The standard InChI is InChI=1S/C22H23N5O5S/c23-9-10-32-14-7-8-16-18(11-14)33(30,31)26-21(25-16)19-20(28)15-3-1-2-4-17(15)27(22(19)29)24-12-13-5-6-13/h1-4,7-8,11,13,24,28H,5-6,9-10,12,23H2,(H,25,26). The Morgan fingerprint density at radius 2 is 2.03 bits per heavy atom. The van der Waals surface area contributed by atoms with E-state index >= 15 is 0 Å². The molecular formula is C22H23N5O5S. The molecule has 10 nitrogen and oxygen atoms in total. The number of amidine groups is 1. The molecule has 0 saturated heterocycles. The van der Waals surface area contributed by atoms with E-state index < -0.39 is 15.6 Å². The molecule has 11 heteroatoms. The summed E-state index contributed by atoms with van der Waals surface area (Å²) in [5.74, 6) is 0.241. The molecule has 0 unspecified atom stereocenters. The van der Waals surface area contributed by atoms with E-state index in [2.05, 4.69) is 15.1 Å². The number of aromatic nitrogens is 1. The van der Waals surface area contributed by atoms with Crippen molar-refractivity contribution in [1.82, 2.24) is 4.68 Å². The lowest BCUT2D eigenvalue weighted by atomic mass is 10.1. The summed E-state index contributed by atoms with van der Waals surface area (Å²) < 4.78 is 36.5. The molecule has 33 heavy (non-hydrogen) atoms. The summed E-state index contributed by atoms with van der Waals surface area (Å²) in [4.78, 5) is 13.3. The summed E-state index contributed by atoms with van der Waals surface area (Å²) in [6.07, 6.45) is 2.18. The SMILES string of the molecule is NCCOc1ccc2c(c1)S(=O)(=O)N=C(c1c(O)c3ccccc3n(NCC3CC3)c1=O)N2. The Kier molecular flexibility index (Phi) is 5.22. The molecule has 5 rings (SSSR count). The number of nitrogens with two attached hydrogens (primary N) is 1. The van der Waals surface area contributed by atoms with Crippen LogP contribution < -0.4 is 26.8 Å². The average Bonchev–Trinajstić information content (AvgIpc) is 3.62. The first-order valence-electron chi connectivity index (χ1n) is 10.6. The van der Waals surface area contributed by atoms with Crippen LogP contribution in [0.1, 0.15) is 18.4 Å². The Morgan fingerprint density at radius 1 is 1.24 bits per heavy atom. The first-order valence-corrected chi connectivity index (χ1v) is 12.0. The van der Waals surface area contributed by atoms with Gasteiger partial charge in [0.2, 0.25) is 0 Å². The van der Waals surface area contributed by atoms with Gasteiger partial charge >= 0.3 is 0 Å². The molecule has 3 aromatic rings. The molecule has 0 atom stereocenters. The topological polar surface area (TPSA) is 148 Å². The molecule has 0 radical (unpaired) electrons. The molecule has 2 aromatic carbocycles. The van der Waals surface area contributed by atoms with Crippen LogP contribution in [0.5, 0.6) is 11.5 Å². The maximum Gasteiger partial charge on any atom is 0.286 e. The van der Waals surface area contributed by atoms with Gasteiger partial charge in [-0.05, 0) is 43.0 Å². The smallest absolute Gasteiger partial charge is 0.286 e. The van der Waals surface area contributed by atoms with Gasteiger partial charge in [0, 0.05) is 24.5 Å². The maximum atomic E-state index is 13.4. The van der Waals surface area contributed by atoms with E-state index in [4.69, 9.17) is 10.5 Å². The number of para-hydroxylation sites is 1. The van der Waals surface area contributed by atoms with Crippen molar-refractivity contribution in [2.24, 2.45) is 16.0 Å². The number of hydrogen-bond acceptors (Lipinski definition) is 8. The van der Waals surface area contributed by atoms with Crippen molar-refractivity contribution >= 4 is 32.4 Å². The highest BCUT2D eigenvalue weighted by Gasteiger charge is 2.31. The van der Waals surface area contributed by atoms with Crippen molar-refractivity contribution in [3.63, 3.8) is 0 Å². The molecule has 1 fully saturated rings. The van der Waals surface area contributed by atoms with E-state index in [1.165, 1.54) is 16.8 Å². The van der Waals surface area contributed by atoms with Gasteiger partial charge in [-0.3, -0.25) is 4.79 Å². The third-order valence-electron chi connectivity index (χ3n) is 5.61. The summed E-state index contributed by atoms with van der Waals surface area (Å²) in [6.45, 7) is 1.12. The number of nitrogens with zero attached hydrogens (tertiary/aromatic N) is 2. The number of sulfonamides is 1. The Balaban J connectivity index is 1.63. The van der Waals surface area contributed by atoms with Gasteiger partial charge in [-0.2, -0.15) is 8.42 Å². The van der Waals surface area contributed by atoms with Gasteiger partial charge in [-0.1, -0.05) is 12.1 Å². The molecule has 1 aliphatic heterocycles. The fraction of sp³-hybridized carbons (Fsp3) is 0.273. The minimum Gasteiger partial charge on any atom is -0.506 e. The zero-order valence-electron chi connectivity index (χ0n) is 17.6. The van der Waals surface area contributed by atoms with Crippen LogP contribution in [0, 0.1) is 5.92 Å². The van der Waals surface area contributed by atoms with Gasteiger partial charge in [-0.15, -0.1) is 4.40 Å². The number of benzene rings is 2. The normalized spacial score (nSPS) is 16.6. The summed E-state index contributed by atoms with van der Waals surface area (Å²) in [6, 6.07) is 11.3. The van der Waals surface area contributed by atoms with Crippen molar-refractivity contribution in [2.45, 2.75) is 17.7 Å². The first kappa shape index (κ1) is 21.3. The monoisotopic (exact) mass is 469 g/mol. The van der Waals surface area contributed by atoms with Crippen molar-refractivity contribution in [3.05, 3.63) is 58.4 Å². The highest BCUT2D eigenvalue weighted by atomic mass is 32.2. The van der Waals surface area contributed by atoms with Crippen LogP contribution in [-0.4, -0.2) is 43.7 Å². The van der Waals surface area contributed by atoms with Crippen LogP contribution in [0.2, 0.25) is 0 Å². The van der Waals surface area contributed by atoms with Gasteiger partial charge < -0.3 is 26.3 Å². The van der Waals surface area contributed by atoms with E-state index in [-0.39, 0.29) is 40.9 Å². The molecule has 1 aliphatic carbocycles. The summed E-state index contributed by atoms with van der Waals surface area (Å²) in [5, 5.41) is 14.3. The van der Waals surface area contributed by atoms with Crippen molar-refractivity contribution in [1.29, 1.82) is 0 Å². The van der Waals surface area contributed by atoms with E-state index in [1.807, 2.05) is 0 Å². The van der Waals surface area contributed by atoms with Crippen molar-refractivity contribution < 1.29 is 18.3 Å². The molecular weight excluding hydrogens is 446 g/mol. The minimum atomic E-state index is -4.17. The predicted molar refractivity (Wildman–Crippen MR) is 125 cm³/mol. The van der Waals surface area contributed by atoms with Crippen molar-refractivity contribution in [3.8, 4) is 11.5 Å². The number of anilines is 1. The lowest BCUT2D eigenvalue weighted by Crippen LogP contribution is -2.37. The Bertz CT molecular complexity index is 1440. The van der Waals surface area contributed by atoms with E-state index in [0.717, 1.165) is 12.8 Å². The lowest BCUT2D eigenvalue weighted by Gasteiger charge is -2.21. The zero-order valence-corrected chi connectivity index (χ0v) is 18.4. The molecule has 1 aromatic heterocycles. The Morgan fingerprint density at radius 3 is 2.79 bits per heavy atom. The van der Waals surface area contributed by atoms with Crippen LogP contribution in [-0.2, 0) is 10.0 Å². The van der Waals surface area contributed by atoms with Crippen LogP contribution in [0.3, 0.4) is 0 Å². The average molecular weight is 470 g/mol. The number of pyridine rings is 1. The highest BCUT2D eigenvalue weighted by Crippen LogP contribution is 2.34. The van der Waals surface area contributed by atoms with Crippen LogP contribution >= 0.6 is 0 Å². The number of rotatable bonds is 7. The molecule has 0 bridgehead atoms. The minimum absolute atomic E-state index is 0.0896. The Labute approximate surface area is 189 Å². The van der Waals surface area contributed by atoms with Gasteiger partial charge in [0.05, 0.1) is 11.2 Å². The van der Waals surface area contributed by atoms with E-state index in [0.29, 0.717) is 29.1 Å². The third kappa shape index (κ3) is 3.89. The molecule has 0 amide bonds. The number of aromatic hydroxyl groups is 1. The van der Waals surface area contributed by atoms with E-state index in [1.54, 1.807) is 30.3 Å². The molecule has 5 N–H and O–H groups in total. The van der Waals surface area contributed by atoms with Crippen molar-refractivity contribution in [2.75, 3.05) is 30.4 Å². The highest BCUT2D eigenvalue weighted by molar-refractivity contribution is 7.90. The van der Waals surface area contributed by atoms with Gasteiger partial charge in [-0.25, -0.2) is 4.68 Å².